The van der Waals surface area contributed by atoms with Gasteiger partial charge in [0.15, 0.2) is 0 Å². The molecule has 1 aromatic rings. The van der Waals surface area contributed by atoms with Gasteiger partial charge in [-0.3, -0.25) is 0 Å². The fraction of sp³-hybridized carbons (Fsp3) is 0.455. The van der Waals surface area contributed by atoms with Crippen molar-refractivity contribution in [1.29, 1.82) is 0 Å². The molecule has 2 rings (SSSR count). The number of fused-ring (bicyclic) bond motifs is 1. The molecule has 1 atom stereocenters. The van der Waals surface area contributed by atoms with Crippen molar-refractivity contribution in [3.8, 4) is 0 Å². The van der Waals surface area contributed by atoms with Crippen molar-refractivity contribution in [3.63, 3.8) is 0 Å². The van der Waals surface area contributed by atoms with Gasteiger partial charge in [0.05, 0.1) is 0 Å². The Hall–Kier alpha value is -0.240. The number of hydrogen-bond donors (Lipinski definition) is 1. The third-order valence-electron chi connectivity index (χ3n) is 2.87. The highest BCUT2D eigenvalue weighted by Crippen LogP contribution is 2.43. The van der Waals surface area contributed by atoms with Gasteiger partial charge in [0.25, 0.3) is 0 Å². The lowest BCUT2D eigenvalue weighted by molar-refractivity contribution is 0.481. The van der Waals surface area contributed by atoms with Gasteiger partial charge >= 0.3 is 0 Å². The van der Waals surface area contributed by atoms with Crippen molar-refractivity contribution in [2.75, 3.05) is 0 Å². The van der Waals surface area contributed by atoms with E-state index in [9.17, 15) is 0 Å². The topological polar surface area (TPSA) is 26.0 Å². The highest BCUT2D eigenvalue weighted by atomic mass is 35.5. The van der Waals surface area contributed by atoms with Gasteiger partial charge in [0.1, 0.15) is 0 Å². The van der Waals surface area contributed by atoms with Gasteiger partial charge in [-0.05, 0) is 35.1 Å². The Morgan fingerprint density at radius 1 is 1.43 bits per heavy atom. The molecule has 0 aromatic heterocycles. The quantitative estimate of drug-likeness (QED) is 0.728. The molecule has 78 valence electrons. The van der Waals surface area contributed by atoms with E-state index in [4.69, 9.17) is 17.3 Å². The minimum Gasteiger partial charge on any atom is -0.324 e. The minimum absolute atomic E-state index is 0. The lowest BCUT2D eigenvalue weighted by Gasteiger charge is -2.18. The van der Waals surface area contributed by atoms with Crippen LogP contribution in [-0.2, 0) is 5.41 Å². The van der Waals surface area contributed by atoms with E-state index in [0.29, 0.717) is 0 Å². The maximum Gasteiger partial charge on any atom is 0.0409 e. The zero-order valence-electron chi connectivity index (χ0n) is 8.38. The maximum atomic E-state index is 6.03. The molecule has 1 aliphatic rings. The van der Waals surface area contributed by atoms with E-state index in [1.165, 1.54) is 11.1 Å². The molecule has 0 bridgehead atoms. The molecule has 0 unspecified atom stereocenters. The highest BCUT2D eigenvalue weighted by molar-refractivity contribution is 6.30. The van der Waals surface area contributed by atoms with E-state index >= 15 is 0 Å². The Balaban J connectivity index is 0.000000980. The van der Waals surface area contributed by atoms with Crippen LogP contribution in [0.25, 0.3) is 0 Å². The van der Waals surface area contributed by atoms with E-state index in [-0.39, 0.29) is 23.9 Å². The molecule has 14 heavy (non-hydrogen) atoms. The molecule has 0 saturated carbocycles. The smallest absolute Gasteiger partial charge is 0.0409 e. The summed E-state index contributed by atoms with van der Waals surface area (Å²) in [5, 5.41) is 0.806. The highest BCUT2D eigenvalue weighted by Gasteiger charge is 2.34. The van der Waals surface area contributed by atoms with E-state index < -0.39 is 0 Å². The molecule has 0 heterocycles. The van der Waals surface area contributed by atoms with E-state index in [1.807, 2.05) is 12.1 Å². The first kappa shape index (κ1) is 11.8. The zero-order valence-corrected chi connectivity index (χ0v) is 9.95. The molecule has 0 amide bonds. The van der Waals surface area contributed by atoms with E-state index in [1.54, 1.807) is 0 Å². The van der Waals surface area contributed by atoms with Crippen LogP contribution in [0.3, 0.4) is 0 Å². The van der Waals surface area contributed by atoms with Crippen molar-refractivity contribution in [2.45, 2.75) is 31.7 Å². The standard InChI is InChI=1S/C11H14ClN.ClH/c1-11(2)6-10(13)8-4-3-7(12)5-9(8)11;/h3-5,10H,6,13H2,1-2H3;1H/t10-;/m0./s1. The molecule has 1 aromatic carbocycles. The van der Waals surface area contributed by atoms with Gasteiger partial charge in [0.2, 0.25) is 0 Å². The van der Waals surface area contributed by atoms with Crippen LogP contribution in [0.1, 0.15) is 37.4 Å². The first-order valence-corrected chi connectivity index (χ1v) is 4.94. The van der Waals surface area contributed by atoms with Crippen molar-refractivity contribution >= 4 is 24.0 Å². The van der Waals surface area contributed by atoms with Crippen LogP contribution in [0, 0.1) is 0 Å². The maximum absolute atomic E-state index is 6.03. The third kappa shape index (κ3) is 1.77. The molecule has 0 aliphatic heterocycles. The van der Waals surface area contributed by atoms with Gasteiger partial charge in [0, 0.05) is 11.1 Å². The Morgan fingerprint density at radius 2 is 2.07 bits per heavy atom. The van der Waals surface area contributed by atoms with Crippen LogP contribution in [0.5, 0.6) is 0 Å². The summed E-state index contributed by atoms with van der Waals surface area (Å²) in [7, 11) is 0. The number of halogens is 2. The van der Waals surface area contributed by atoms with Gasteiger partial charge in [-0.15, -0.1) is 12.4 Å². The normalized spacial score (nSPS) is 22.7. The Morgan fingerprint density at radius 3 is 2.71 bits per heavy atom. The number of hydrogen-bond acceptors (Lipinski definition) is 1. The predicted molar refractivity (Wildman–Crippen MR) is 63.3 cm³/mol. The van der Waals surface area contributed by atoms with Crippen molar-refractivity contribution in [2.24, 2.45) is 5.73 Å². The third-order valence-corrected chi connectivity index (χ3v) is 3.11. The number of rotatable bonds is 0. The zero-order chi connectivity index (χ0) is 9.64. The molecule has 0 radical (unpaired) electrons. The molecular weight excluding hydrogens is 217 g/mol. The second kappa shape index (κ2) is 3.73. The van der Waals surface area contributed by atoms with E-state index in [0.717, 1.165) is 11.4 Å². The SMILES string of the molecule is CC1(C)C[C@H](N)c2ccc(Cl)cc21.Cl. The molecule has 3 heteroatoms. The second-order valence-corrected chi connectivity index (χ2v) is 4.86. The lowest BCUT2D eigenvalue weighted by atomic mass is 9.86. The van der Waals surface area contributed by atoms with Crippen LogP contribution >= 0.6 is 24.0 Å². The molecule has 1 nitrogen and oxygen atoms in total. The summed E-state index contributed by atoms with van der Waals surface area (Å²) in [6.07, 6.45) is 1.02. The second-order valence-electron chi connectivity index (χ2n) is 4.43. The Kier molecular flexibility index (Phi) is 3.15. The number of benzene rings is 1. The van der Waals surface area contributed by atoms with Gasteiger partial charge < -0.3 is 5.73 Å². The average Bonchev–Trinajstić information content (AvgIpc) is 2.23. The van der Waals surface area contributed by atoms with Crippen molar-refractivity contribution in [1.82, 2.24) is 0 Å². The summed E-state index contributed by atoms with van der Waals surface area (Å²) in [5.41, 5.74) is 8.78. The summed E-state index contributed by atoms with van der Waals surface area (Å²) < 4.78 is 0. The Labute approximate surface area is 96.0 Å². The summed E-state index contributed by atoms with van der Waals surface area (Å²) in [5.74, 6) is 0. The lowest BCUT2D eigenvalue weighted by Crippen LogP contribution is -2.14. The molecule has 2 N–H and O–H groups in total. The molecule has 0 spiro atoms. The van der Waals surface area contributed by atoms with Crippen LogP contribution < -0.4 is 5.73 Å². The van der Waals surface area contributed by atoms with E-state index in [2.05, 4.69) is 19.9 Å². The first-order valence-electron chi connectivity index (χ1n) is 4.56. The summed E-state index contributed by atoms with van der Waals surface area (Å²) in [6.45, 7) is 4.43. The fourth-order valence-corrected chi connectivity index (χ4v) is 2.38. The summed E-state index contributed by atoms with van der Waals surface area (Å²) >= 11 is 5.96. The fourth-order valence-electron chi connectivity index (χ4n) is 2.21. The Bertz CT molecular complexity index is 347. The van der Waals surface area contributed by atoms with Crippen molar-refractivity contribution in [3.05, 3.63) is 34.3 Å². The van der Waals surface area contributed by atoms with Crippen molar-refractivity contribution < 1.29 is 0 Å². The predicted octanol–water partition coefficient (Wildman–Crippen LogP) is 3.44. The van der Waals surface area contributed by atoms with Gasteiger partial charge in [-0.25, -0.2) is 0 Å². The minimum atomic E-state index is 0. The van der Waals surface area contributed by atoms with Crippen LogP contribution in [0.4, 0.5) is 0 Å². The largest absolute Gasteiger partial charge is 0.324 e. The van der Waals surface area contributed by atoms with Crippen LogP contribution in [-0.4, -0.2) is 0 Å². The summed E-state index contributed by atoms with van der Waals surface area (Å²) in [6, 6.07) is 6.20. The first-order chi connectivity index (χ1) is 6.00. The van der Waals surface area contributed by atoms with Gasteiger partial charge in [-0.2, -0.15) is 0 Å². The average molecular weight is 232 g/mol. The monoisotopic (exact) mass is 231 g/mol. The molecule has 1 aliphatic carbocycles. The molecule has 0 fully saturated rings. The van der Waals surface area contributed by atoms with Gasteiger partial charge in [-0.1, -0.05) is 31.5 Å². The molecular formula is C11H15Cl2N. The van der Waals surface area contributed by atoms with Crippen LogP contribution in [0.2, 0.25) is 5.02 Å². The van der Waals surface area contributed by atoms with Crippen LogP contribution in [0.15, 0.2) is 18.2 Å². The number of nitrogens with two attached hydrogens (primary N) is 1. The molecule has 0 saturated heterocycles. The summed E-state index contributed by atoms with van der Waals surface area (Å²) in [4.78, 5) is 0.